The number of hydrogen-bond acceptors (Lipinski definition) is 6. The maximum Gasteiger partial charge on any atom is 0.157 e. The number of morpholine rings is 1. The molecule has 1 aromatic carbocycles. The average Bonchev–Trinajstić information content (AvgIpc) is 3.51. The highest BCUT2D eigenvalue weighted by Gasteiger charge is 2.39. The Hall–Kier alpha value is -2.94. The summed E-state index contributed by atoms with van der Waals surface area (Å²) in [6, 6.07) is 8.79. The molecule has 8 nitrogen and oxygen atoms in total. The second-order valence-electron chi connectivity index (χ2n) is 9.23. The highest BCUT2D eigenvalue weighted by molar-refractivity contribution is 6.30. The Morgan fingerprint density at radius 1 is 1.06 bits per heavy atom. The van der Waals surface area contributed by atoms with Gasteiger partial charge in [-0.2, -0.15) is 5.10 Å². The molecule has 3 aromatic rings. The lowest BCUT2D eigenvalue weighted by molar-refractivity contribution is 0.0342. The minimum atomic E-state index is 0.124. The zero-order chi connectivity index (χ0) is 23.2. The van der Waals surface area contributed by atoms with E-state index in [4.69, 9.17) is 21.4 Å². The fourth-order valence-corrected chi connectivity index (χ4v) is 5.57. The number of aryl methyl sites for hydroxylation is 2. The Morgan fingerprint density at radius 2 is 1.85 bits per heavy atom. The molecule has 34 heavy (non-hydrogen) atoms. The molecule has 0 spiro atoms. The van der Waals surface area contributed by atoms with Crippen LogP contribution in [0.2, 0.25) is 5.02 Å². The van der Waals surface area contributed by atoms with Crippen LogP contribution in [0.15, 0.2) is 42.6 Å². The van der Waals surface area contributed by atoms with Gasteiger partial charge in [-0.15, -0.1) is 10.2 Å². The molecule has 0 saturated carbocycles. The first kappa shape index (κ1) is 21.6. The lowest BCUT2D eigenvalue weighted by atomic mass is 10.0. The predicted octanol–water partition coefficient (Wildman–Crippen LogP) is 3.30. The van der Waals surface area contributed by atoms with Crippen LogP contribution in [0.1, 0.15) is 34.5 Å². The van der Waals surface area contributed by atoms with Crippen molar-refractivity contribution in [3.63, 3.8) is 0 Å². The summed E-state index contributed by atoms with van der Waals surface area (Å²) in [6.45, 7) is 7.12. The van der Waals surface area contributed by atoms with Crippen LogP contribution in [-0.2, 0) is 24.9 Å². The molecule has 176 valence electrons. The monoisotopic (exact) mass is 477 g/mol. The molecule has 1 saturated heterocycles. The Balaban J connectivity index is 1.33. The van der Waals surface area contributed by atoms with Crippen molar-refractivity contribution in [1.29, 1.82) is 0 Å². The van der Waals surface area contributed by atoms with Crippen LogP contribution in [-0.4, -0.2) is 66.7 Å². The number of benzene rings is 1. The van der Waals surface area contributed by atoms with E-state index >= 15 is 0 Å². The molecule has 2 atom stereocenters. The van der Waals surface area contributed by atoms with Gasteiger partial charge >= 0.3 is 0 Å². The zero-order valence-electron chi connectivity index (χ0n) is 19.4. The van der Waals surface area contributed by atoms with Gasteiger partial charge in [0.05, 0.1) is 31.0 Å². The van der Waals surface area contributed by atoms with Gasteiger partial charge in [-0.25, -0.2) is 0 Å². The third-order valence-corrected chi connectivity index (χ3v) is 7.06. The number of nitrogens with zero attached hydrogens (tertiary/aromatic N) is 7. The summed E-state index contributed by atoms with van der Waals surface area (Å²) in [6.07, 6.45) is 8.60. The van der Waals surface area contributed by atoms with Gasteiger partial charge in [0.25, 0.3) is 0 Å². The summed E-state index contributed by atoms with van der Waals surface area (Å²) < 4.78 is 9.57. The molecule has 2 unspecified atom stereocenters. The molecule has 0 aliphatic carbocycles. The quantitative estimate of drug-likeness (QED) is 0.562. The van der Waals surface area contributed by atoms with E-state index in [1.165, 1.54) is 11.1 Å². The van der Waals surface area contributed by atoms with Crippen molar-refractivity contribution in [3.8, 4) is 0 Å². The minimum absolute atomic E-state index is 0.124. The van der Waals surface area contributed by atoms with E-state index in [1.54, 1.807) is 0 Å². The topological polar surface area (TPSA) is 64.2 Å². The summed E-state index contributed by atoms with van der Waals surface area (Å²) in [4.78, 5) is 4.85. The molecule has 0 N–H and O–H groups in total. The van der Waals surface area contributed by atoms with Crippen molar-refractivity contribution in [2.75, 3.05) is 26.3 Å². The highest BCUT2D eigenvalue weighted by Crippen LogP contribution is 2.41. The van der Waals surface area contributed by atoms with Gasteiger partial charge in [-0.1, -0.05) is 23.7 Å². The molecule has 0 amide bonds. The molecule has 5 heterocycles. The molecule has 6 rings (SSSR count). The van der Waals surface area contributed by atoms with Crippen LogP contribution in [0.4, 0.5) is 0 Å². The number of halogens is 1. The minimum Gasteiger partial charge on any atom is -0.379 e. The fourth-order valence-electron chi connectivity index (χ4n) is 5.29. The van der Waals surface area contributed by atoms with Crippen molar-refractivity contribution >= 4 is 23.4 Å². The molecule has 0 bridgehead atoms. The van der Waals surface area contributed by atoms with Crippen molar-refractivity contribution in [2.45, 2.75) is 32.1 Å². The Morgan fingerprint density at radius 3 is 2.62 bits per heavy atom. The number of hydrogen-bond donors (Lipinski definition) is 0. The van der Waals surface area contributed by atoms with Crippen molar-refractivity contribution < 1.29 is 4.74 Å². The van der Waals surface area contributed by atoms with Crippen molar-refractivity contribution in [3.05, 3.63) is 76.1 Å². The maximum atomic E-state index is 6.59. The summed E-state index contributed by atoms with van der Waals surface area (Å²) in [5.74, 6) is 1.82. The van der Waals surface area contributed by atoms with Crippen molar-refractivity contribution in [1.82, 2.24) is 34.3 Å². The SMILES string of the molecule is Cc1nnc2n1C1C=C(c3ccn(C)n3)N(Cc3cc(Cl)cc(CN4CCOCC4)c3)C1C=C2. The normalized spacial score (nSPS) is 22.1. The summed E-state index contributed by atoms with van der Waals surface area (Å²) >= 11 is 6.59. The first-order valence-electron chi connectivity index (χ1n) is 11.7. The summed E-state index contributed by atoms with van der Waals surface area (Å²) in [7, 11) is 1.95. The Bertz CT molecular complexity index is 1270. The lowest BCUT2D eigenvalue weighted by Gasteiger charge is -2.33. The van der Waals surface area contributed by atoms with Crippen LogP contribution < -0.4 is 0 Å². The van der Waals surface area contributed by atoms with Crippen LogP contribution in [0.3, 0.4) is 0 Å². The molecule has 0 radical (unpaired) electrons. The predicted molar refractivity (Wildman–Crippen MR) is 131 cm³/mol. The van der Waals surface area contributed by atoms with Gasteiger partial charge in [0.2, 0.25) is 0 Å². The highest BCUT2D eigenvalue weighted by atomic mass is 35.5. The average molecular weight is 478 g/mol. The first-order valence-corrected chi connectivity index (χ1v) is 12.1. The number of aromatic nitrogens is 5. The summed E-state index contributed by atoms with van der Waals surface area (Å²) in [5, 5.41) is 14.1. The zero-order valence-corrected chi connectivity index (χ0v) is 20.2. The molecule has 1 fully saturated rings. The first-order chi connectivity index (χ1) is 16.5. The second-order valence-corrected chi connectivity index (χ2v) is 9.66. The van der Waals surface area contributed by atoms with E-state index in [9.17, 15) is 0 Å². The van der Waals surface area contributed by atoms with Gasteiger partial charge in [-0.05, 0) is 48.4 Å². The molecular formula is C25H28ClN7O. The third-order valence-electron chi connectivity index (χ3n) is 6.84. The molecule has 9 heteroatoms. The smallest absolute Gasteiger partial charge is 0.157 e. The van der Waals surface area contributed by atoms with E-state index in [0.29, 0.717) is 0 Å². The van der Waals surface area contributed by atoms with Gasteiger partial charge in [0, 0.05) is 44.4 Å². The van der Waals surface area contributed by atoms with Gasteiger partial charge < -0.3 is 14.2 Å². The maximum absolute atomic E-state index is 6.59. The van der Waals surface area contributed by atoms with Gasteiger partial charge in [0.15, 0.2) is 5.82 Å². The van der Waals surface area contributed by atoms with E-state index in [2.05, 4.69) is 67.1 Å². The Kier molecular flexibility index (Phi) is 5.51. The second kappa shape index (κ2) is 8.69. The van der Waals surface area contributed by atoms with Crippen LogP contribution >= 0.6 is 11.6 Å². The van der Waals surface area contributed by atoms with E-state index in [0.717, 1.165) is 67.5 Å². The number of ether oxygens (including phenoxy) is 1. The lowest BCUT2D eigenvalue weighted by Crippen LogP contribution is -2.36. The largest absolute Gasteiger partial charge is 0.379 e. The number of rotatable bonds is 5. The van der Waals surface area contributed by atoms with E-state index < -0.39 is 0 Å². The van der Waals surface area contributed by atoms with E-state index in [1.807, 2.05) is 24.9 Å². The van der Waals surface area contributed by atoms with Crippen molar-refractivity contribution in [2.24, 2.45) is 7.05 Å². The third kappa shape index (κ3) is 3.96. The van der Waals surface area contributed by atoms with Crippen LogP contribution in [0.5, 0.6) is 0 Å². The van der Waals surface area contributed by atoms with Crippen LogP contribution in [0.25, 0.3) is 11.8 Å². The fraction of sp³-hybridized carbons (Fsp3) is 0.400. The van der Waals surface area contributed by atoms with Crippen LogP contribution in [0, 0.1) is 6.92 Å². The summed E-state index contributed by atoms with van der Waals surface area (Å²) in [5.41, 5.74) is 4.52. The molecule has 3 aliphatic rings. The molecular weight excluding hydrogens is 450 g/mol. The van der Waals surface area contributed by atoms with Gasteiger partial charge in [-0.3, -0.25) is 9.58 Å². The standard InChI is InChI=1S/C25H28ClN7O/c1-17-27-28-25-4-3-22-24(33(17)25)14-23(21-5-6-30(2)29-21)32(22)16-19-11-18(12-20(26)13-19)15-31-7-9-34-10-8-31/h3-6,11-14,22,24H,7-10,15-16H2,1-2H3. The molecule has 2 aromatic heterocycles. The molecule has 3 aliphatic heterocycles. The van der Waals surface area contributed by atoms with Gasteiger partial charge in [0.1, 0.15) is 11.5 Å². The van der Waals surface area contributed by atoms with E-state index in [-0.39, 0.29) is 12.1 Å². The number of fused-ring (bicyclic) bond motifs is 3. The Labute approximate surface area is 204 Å².